The van der Waals surface area contributed by atoms with Gasteiger partial charge < -0.3 is 10.1 Å². The van der Waals surface area contributed by atoms with Crippen LogP contribution in [-0.2, 0) is 17.8 Å². The number of anilines is 1. The van der Waals surface area contributed by atoms with Crippen LogP contribution in [0.1, 0.15) is 21.7 Å². The minimum absolute atomic E-state index is 0.322. The van der Waals surface area contributed by atoms with Gasteiger partial charge in [0.05, 0.1) is 23.9 Å². The number of nitrogens with zero attached hydrogens (tertiary/aromatic N) is 1. The lowest BCUT2D eigenvalue weighted by Crippen LogP contribution is -2.17. The van der Waals surface area contributed by atoms with E-state index in [0.29, 0.717) is 34.6 Å². The van der Waals surface area contributed by atoms with Gasteiger partial charge in [0, 0.05) is 22.7 Å². The Morgan fingerprint density at radius 1 is 1.40 bits per heavy atom. The van der Waals surface area contributed by atoms with E-state index in [2.05, 4.69) is 15.5 Å². The third kappa shape index (κ3) is 2.52. The van der Waals surface area contributed by atoms with Gasteiger partial charge in [-0.1, -0.05) is 23.2 Å². The molecule has 7 heteroatoms. The van der Waals surface area contributed by atoms with Crippen LogP contribution in [0.4, 0.5) is 5.69 Å². The van der Waals surface area contributed by atoms with Gasteiger partial charge in [0.15, 0.2) is 5.69 Å². The van der Waals surface area contributed by atoms with E-state index in [4.69, 9.17) is 27.9 Å². The molecule has 20 heavy (non-hydrogen) atoms. The van der Waals surface area contributed by atoms with E-state index in [0.717, 1.165) is 17.7 Å². The maximum absolute atomic E-state index is 12.2. The van der Waals surface area contributed by atoms with Gasteiger partial charge in [-0.25, -0.2) is 0 Å². The van der Waals surface area contributed by atoms with Crippen LogP contribution >= 0.6 is 23.2 Å². The Kier molecular flexibility index (Phi) is 3.65. The first-order valence-electron chi connectivity index (χ1n) is 6.05. The number of amides is 1. The lowest BCUT2D eigenvalue weighted by Gasteiger charge is -2.12. The predicted octanol–water partition coefficient (Wildman–Crippen LogP) is 3.04. The maximum atomic E-state index is 12.2. The zero-order valence-corrected chi connectivity index (χ0v) is 11.9. The molecule has 0 saturated heterocycles. The van der Waals surface area contributed by atoms with Gasteiger partial charge in [0.1, 0.15) is 0 Å². The number of carbonyl (C=O) groups excluding carboxylic acids is 1. The van der Waals surface area contributed by atoms with E-state index >= 15 is 0 Å². The van der Waals surface area contributed by atoms with Crippen molar-refractivity contribution in [2.24, 2.45) is 0 Å². The van der Waals surface area contributed by atoms with Crippen molar-refractivity contribution >= 4 is 34.8 Å². The van der Waals surface area contributed by atoms with Crippen molar-refractivity contribution in [1.82, 2.24) is 10.2 Å². The van der Waals surface area contributed by atoms with Crippen molar-refractivity contribution in [3.05, 3.63) is 45.2 Å². The Labute approximate surface area is 125 Å². The van der Waals surface area contributed by atoms with Gasteiger partial charge in [-0.05, 0) is 18.2 Å². The SMILES string of the molecule is O=C(Nc1ccc(Cl)cc1Cl)c1n[nH]c2c1COCC2. The third-order valence-electron chi connectivity index (χ3n) is 3.09. The highest BCUT2D eigenvalue weighted by Crippen LogP contribution is 2.26. The van der Waals surface area contributed by atoms with Gasteiger partial charge >= 0.3 is 0 Å². The molecule has 1 amide bonds. The Morgan fingerprint density at radius 2 is 2.25 bits per heavy atom. The highest BCUT2D eigenvalue weighted by Gasteiger charge is 2.22. The number of halogens is 2. The second-order valence-corrected chi connectivity index (χ2v) is 5.25. The number of ether oxygens (including phenoxy) is 1. The van der Waals surface area contributed by atoms with Crippen LogP contribution in [0.25, 0.3) is 0 Å². The van der Waals surface area contributed by atoms with Gasteiger partial charge in [0.25, 0.3) is 5.91 Å². The summed E-state index contributed by atoms with van der Waals surface area (Å²) in [6.45, 7) is 1.03. The molecule has 1 aliphatic rings. The molecule has 0 aliphatic carbocycles. The fourth-order valence-electron chi connectivity index (χ4n) is 2.07. The van der Waals surface area contributed by atoms with E-state index in [9.17, 15) is 4.79 Å². The zero-order chi connectivity index (χ0) is 14.1. The largest absolute Gasteiger partial charge is 0.376 e. The Morgan fingerprint density at radius 3 is 3.05 bits per heavy atom. The summed E-state index contributed by atoms with van der Waals surface area (Å²) in [7, 11) is 0. The number of hydrogen-bond acceptors (Lipinski definition) is 3. The van der Waals surface area contributed by atoms with Crippen LogP contribution in [0.15, 0.2) is 18.2 Å². The molecule has 2 heterocycles. The molecule has 2 aromatic rings. The molecule has 0 fully saturated rings. The summed E-state index contributed by atoms with van der Waals surface area (Å²) in [5, 5.41) is 10.5. The van der Waals surface area contributed by atoms with Gasteiger partial charge in [-0.2, -0.15) is 5.10 Å². The predicted molar refractivity (Wildman–Crippen MR) is 76.4 cm³/mol. The second kappa shape index (κ2) is 5.44. The van der Waals surface area contributed by atoms with Crippen LogP contribution in [0, 0.1) is 0 Å². The van der Waals surface area contributed by atoms with E-state index in [1.807, 2.05) is 0 Å². The molecule has 2 N–H and O–H groups in total. The van der Waals surface area contributed by atoms with Crippen molar-refractivity contribution in [2.75, 3.05) is 11.9 Å². The van der Waals surface area contributed by atoms with Crippen molar-refractivity contribution in [3.8, 4) is 0 Å². The molecule has 1 aromatic carbocycles. The number of aromatic nitrogens is 2. The smallest absolute Gasteiger partial charge is 0.276 e. The molecule has 1 aromatic heterocycles. The molecule has 0 saturated carbocycles. The Bertz CT molecular complexity index is 670. The number of rotatable bonds is 2. The monoisotopic (exact) mass is 311 g/mol. The normalized spacial score (nSPS) is 13.9. The number of aromatic amines is 1. The van der Waals surface area contributed by atoms with E-state index in [1.165, 1.54) is 0 Å². The van der Waals surface area contributed by atoms with E-state index in [1.54, 1.807) is 18.2 Å². The topological polar surface area (TPSA) is 67.0 Å². The third-order valence-corrected chi connectivity index (χ3v) is 3.64. The summed E-state index contributed by atoms with van der Waals surface area (Å²) in [5.74, 6) is -0.322. The summed E-state index contributed by atoms with van der Waals surface area (Å²) in [6, 6.07) is 4.88. The van der Waals surface area contributed by atoms with Crippen molar-refractivity contribution in [3.63, 3.8) is 0 Å². The number of fused-ring (bicyclic) bond motifs is 1. The quantitative estimate of drug-likeness (QED) is 0.895. The zero-order valence-electron chi connectivity index (χ0n) is 10.4. The molecule has 0 atom stereocenters. The lowest BCUT2D eigenvalue weighted by molar-refractivity contribution is 0.0985. The summed E-state index contributed by atoms with van der Waals surface area (Å²) in [6.07, 6.45) is 0.733. The molecule has 104 valence electrons. The molecule has 3 rings (SSSR count). The minimum atomic E-state index is -0.322. The number of H-pyrrole nitrogens is 1. The molecule has 0 radical (unpaired) electrons. The van der Waals surface area contributed by atoms with Crippen LogP contribution in [0.2, 0.25) is 10.0 Å². The van der Waals surface area contributed by atoms with Gasteiger partial charge in [0.2, 0.25) is 0 Å². The minimum Gasteiger partial charge on any atom is -0.376 e. The average Bonchev–Trinajstić information content (AvgIpc) is 2.86. The Balaban J connectivity index is 1.84. The van der Waals surface area contributed by atoms with Crippen molar-refractivity contribution < 1.29 is 9.53 Å². The first-order valence-corrected chi connectivity index (χ1v) is 6.81. The number of hydrogen-bond donors (Lipinski definition) is 2. The van der Waals surface area contributed by atoms with E-state index < -0.39 is 0 Å². The van der Waals surface area contributed by atoms with Crippen LogP contribution in [0.5, 0.6) is 0 Å². The molecule has 0 unspecified atom stereocenters. The standard InChI is InChI=1S/C13H11Cl2N3O2/c14-7-1-2-11(9(15)5-7)16-13(19)12-8-6-20-4-3-10(8)17-18-12/h1-2,5H,3-4,6H2,(H,16,19)(H,17,18). The summed E-state index contributed by atoms with van der Waals surface area (Å²) >= 11 is 11.8. The molecular formula is C13H11Cl2N3O2. The van der Waals surface area contributed by atoms with Crippen LogP contribution < -0.4 is 5.32 Å². The lowest BCUT2D eigenvalue weighted by atomic mass is 10.1. The van der Waals surface area contributed by atoms with Crippen molar-refractivity contribution in [1.29, 1.82) is 0 Å². The first-order chi connectivity index (χ1) is 9.65. The Hall–Kier alpha value is -1.56. The summed E-state index contributed by atoms with van der Waals surface area (Å²) < 4.78 is 5.35. The van der Waals surface area contributed by atoms with Gasteiger partial charge in [-0.3, -0.25) is 9.89 Å². The second-order valence-electron chi connectivity index (χ2n) is 4.41. The summed E-state index contributed by atoms with van der Waals surface area (Å²) in [4.78, 5) is 12.2. The first kappa shape index (κ1) is 13.4. The molecule has 0 bridgehead atoms. The molecule has 5 nitrogen and oxygen atoms in total. The number of benzene rings is 1. The fraction of sp³-hybridized carbons (Fsp3) is 0.231. The highest BCUT2D eigenvalue weighted by atomic mass is 35.5. The molecule has 0 spiro atoms. The highest BCUT2D eigenvalue weighted by molar-refractivity contribution is 6.36. The number of carbonyl (C=O) groups is 1. The van der Waals surface area contributed by atoms with Crippen LogP contribution in [0.3, 0.4) is 0 Å². The van der Waals surface area contributed by atoms with Gasteiger partial charge in [-0.15, -0.1) is 0 Å². The van der Waals surface area contributed by atoms with Crippen molar-refractivity contribution in [2.45, 2.75) is 13.0 Å². The molecule has 1 aliphatic heterocycles. The van der Waals surface area contributed by atoms with E-state index in [-0.39, 0.29) is 5.91 Å². The van der Waals surface area contributed by atoms with Crippen LogP contribution in [-0.4, -0.2) is 22.7 Å². The molecular weight excluding hydrogens is 301 g/mol. The summed E-state index contributed by atoms with van der Waals surface area (Å²) in [5.41, 5.74) is 2.59. The number of nitrogens with one attached hydrogen (secondary N) is 2. The average molecular weight is 312 g/mol. The maximum Gasteiger partial charge on any atom is 0.276 e. The fourth-order valence-corrected chi connectivity index (χ4v) is 2.53.